The van der Waals surface area contributed by atoms with Gasteiger partial charge in [0.15, 0.2) is 19.7 Å². The van der Waals surface area contributed by atoms with Crippen molar-refractivity contribution in [2.45, 2.75) is 42.1 Å². The first-order valence-electron chi connectivity index (χ1n) is 8.03. The first-order valence-corrected chi connectivity index (χ1v) is 11.8. The Bertz CT molecular complexity index is 787. The molecule has 1 saturated heterocycles. The minimum Gasteiger partial charge on any atom is -0.376 e. The lowest BCUT2D eigenvalue weighted by molar-refractivity contribution is 0.0439. The molecule has 0 radical (unpaired) electrons. The molecule has 1 heterocycles. The largest absolute Gasteiger partial charge is 0.376 e. The van der Waals surface area contributed by atoms with E-state index in [2.05, 4.69) is 0 Å². The molecular formula is C16H25NO5S2. The minimum absolute atomic E-state index is 0.0162. The quantitative estimate of drug-likeness (QED) is 0.755. The zero-order valence-electron chi connectivity index (χ0n) is 14.4. The molecule has 0 aromatic heterocycles. The Morgan fingerprint density at radius 1 is 1.17 bits per heavy atom. The fourth-order valence-corrected chi connectivity index (χ4v) is 4.50. The molecule has 1 unspecified atom stereocenters. The van der Waals surface area contributed by atoms with Gasteiger partial charge in [0.2, 0.25) is 0 Å². The van der Waals surface area contributed by atoms with Gasteiger partial charge in [-0.3, -0.25) is 0 Å². The molecule has 2 rings (SSSR count). The Hall–Kier alpha value is -1.12. The molecule has 0 saturated carbocycles. The van der Waals surface area contributed by atoms with E-state index >= 15 is 0 Å². The first-order chi connectivity index (χ1) is 11.1. The summed E-state index contributed by atoms with van der Waals surface area (Å²) in [6.45, 7) is 4.07. The summed E-state index contributed by atoms with van der Waals surface area (Å²) in [5.74, 6) is 0. The molecule has 0 spiro atoms. The highest BCUT2D eigenvalue weighted by Gasteiger charge is 2.26. The van der Waals surface area contributed by atoms with E-state index in [1.807, 2.05) is 11.8 Å². The molecule has 1 aromatic carbocycles. The summed E-state index contributed by atoms with van der Waals surface area (Å²) in [5, 5.41) is 0. The van der Waals surface area contributed by atoms with E-state index in [4.69, 9.17) is 4.74 Å². The summed E-state index contributed by atoms with van der Waals surface area (Å²) >= 11 is 0. The third-order valence-corrected chi connectivity index (χ3v) is 6.27. The fourth-order valence-electron chi connectivity index (χ4n) is 2.86. The third kappa shape index (κ3) is 4.70. The molecule has 136 valence electrons. The zero-order chi connectivity index (χ0) is 18.0. The van der Waals surface area contributed by atoms with E-state index in [-0.39, 0.29) is 15.9 Å². The summed E-state index contributed by atoms with van der Waals surface area (Å²) in [6, 6.07) is 4.32. The standard InChI is InChI=1S/C16H25NO5S2/c1-4-10-22-13-6-5-9-17(12-13)15-8-7-14(23(2,18)19)11-16(15)24(3,20)21/h7-8,11,13H,4-6,9-10,12H2,1-3H3. The van der Waals surface area contributed by atoms with Gasteiger partial charge in [0.1, 0.15) is 0 Å². The molecule has 6 nitrogen and oxygen atoms in total. The molecule has 1 aromatic rings. The van der Waals surface area contributed by atoms with Gasteiger partial charge >= 0.3 is 0 Å². The zero-order valence-corrected chi connectivity index (χ0v) is 16.0. The Balaban J connectivity index is 2.39. The first kappa shape index (κ1) is 19.2. The monoisotopic (exact) mass is 375 g/mol. The van der Waals surface area contributed by atoms with E-state index in [0.29, 0.717) is 18.8 Å². The van der Waals surface area contributed by atoms with Crippen LogP contribution in [0.5, 0.6) is 0 Å². The fraction of sp³-hybridized carbons (Fsp3) is 0.625. The number of hydrogen-bond donors (Lipinski definition) is 0. The molecule has 1 fully saturated rings. The van der Waals surface area contributed by atoms with Crippen molar-refractivity contribution in [3.05, 3.63) is 18.2 Å². The number of piperidine rings is 1. The van der Waals surface area contributed by atoms with Crippen molar-refractivity contribution < 1.29 is 21.6 Å². The highest BCUT2D eigenvalue weighted by molar-refractivity contribution is 7.91. The smallest absolute Gasteiger partial charge is 0.177 e. The third-order valence-electron chi connectivity index (χ3n) is 4.04. The molecule has 1 aliphatic heterocycles. The lowest BCUT2D eigenvalue weighted by Gasteiger charge is -2.35. The van der Waals surface area contributed by atoms with Crippen molar-refractivity contribution in [1.29, 1.82) is 0 Å². The summed E-state index contributed by atoms with van der Waals surface area (Å²) in [5.41, 5.74) is 0.551. The van der Waals surface area contributed by atoms with Gasteiger partial charge in [0.25, 0.3) is 0 Å². The second-order valence-electron chi connectivity index (χ2n) is 6.25. The number of nitrogens with zero attached hydrogens (tertiary/aromatic N) is 1. The van der Waals surface area contributed by atoms with Crippen LogP contribution in [0.25, 0.3) is 0 Å². The van der Waals surface area contributed by atoms with Crippen molar-refractivity contribution in [3.8, 4) is 0 Å². The van der Waals surface area contributed by atoms with Gasteiger partial charge in [-0.2, -0.15) is 0 Å². The van der Waals surface area contributed by atoms with Crippen molar-refractivity contribution in [2.75, 3.05) is 37.1 Å². The summed E-state index contributed by atoms with van der Waals surface area (Å²) < 4.78 is 53.6. The predicted molar refractivity (Wildman–Crippen MR) is 94.1 cm³/mol. The average molecular weight is 376 g/mol. The van der Waals surface area contributed by atoms with Gasteiger partial charge in [-0.1, -0.05) is 6.92 Å². The Kier molecular flexibility index (Phi) is 5.93. The summed E-state index contributed by atoms with van der Waals surface area (Å²) in [7, 11) is -7.01. The van der Waals surface area contributed by atoms with E-state index < -0.39 is 19.7 Å². The molecular weight excluding hydrogens is 350 g/mol. The number of rotatable bonds is 6. The maximum atomic E-state index is 12.2. The minimum atomic E-state index is -3.55. The van der Waals surface area contributed by atoms with Crippen LogP contribution in [-0.4, -0.2) is 55.1 Å². The van der Waals surface area contributed by atoms with E-state index in [1.54, 1.807) is 6.07 Å². The number of anilines is 1. The molecule has 0 bridgehead atoms. The lowest BCUT2D eigenvalue weighted by atomic mass is 10.1. The van der Waals surface area contributed by atoms with Gasteiger partial charge in [-0.25, -0.2) is 16.8 Å². The van der Waals surface area contributed by atoms with Gasteiger partial charge < -0.3 is 9.64 Å². The van der Waals surface area contributed by atoms with Crippen LogP contribution in [0, 0.1) is 0 Å². The number of benzene rings is 1. The van der Waals surface area contributed by atoms with Crippen molar-refractivity contribution in [1.82, 2.24) is 0 Å². The molecule has 0 amide bonds. The normalized spacial score (nSPS) is 19.5. The van der Waals surface area contributed by atoms with Crippen LogP contribution in [0.2, 0.25) is 0 Å². The lowest BCUT2D eigenvalue weighted by Crippen LogP contribution is -2.40. The van der Waals surface area contributed by atoms with Crippen LogP contribution in [0.15, 0.2) is 28.0 Å². The van der Waals surface area contributed by atoms with Crippen molar-refractivity contribution in [3.63, 3.8) is 0 Å². The average Bonchev–Trinajstić information content (AvgIpc) is 2.51. The van der Waals surface area contributed by atoms with Crippen LogP contribution < -0.4 is 4.90 Å². The van der Waals surface area contributed by atoms with Gasteiger partial charge in [-0.15, -0.1) is 0 Å². The van der Waals surface area contributed by atoms with Gasteiger partial charge in [0, 0.05) is 32.2 Å². The number of sulfone groups is 2. The maximum Gasteiger partial charge on any atom is 0.177 e. The molecule has 8 heteroatoms. The van der Waals surface area contributed by atoms with E-state index in [1.165, 1.54) is 12.1 Å². The molecule has 1 aliphatic rings. The molecule has 0 N–H and O–H groups in total. The predicted octanol–water partition coefficient (Wildman–Crippen LogP) is 1.89. The SMILES string of the molecule is CCCOC1CCCN(c2ccc(S(C)(=O)=O)cc2S(C)(=O)=O)C1. The van der Waals surface area contributed by atoms with Crippen LogP contribution in [0.3, 0.4) is 0 Å². The van der Waals surface area contributed by atoms with E-state index in [0.717, 1.165) is 38.3 Å². The van der Waals surface area contributed by atoms with Crippen LogP contribution in [0.4, 0.5) is 5.69 Å². The Morgan fingerprint density at radius 2 is 1.88 bits per heavy atom. The van der Waals surface area contributed by atoms with Crippen LogP contribution >= 0.6 is 0 Å². The number of hydrogen-bond acceptors (Lipinski definition) is 6. The molecule has 1 atom stereocenters. The van der Waals surface area contributed by atoms with Crippen LogP contribution in [-0.2, 0) is 24.4 Å². The highest BCUT2D eigenvalue weighted by Crippen LogP contribution is 2.30. The Labute approximate surface area is 144 Å². The van der Waals surface area contributed by atoms with Gasteiger partial charge in [0.05, 0.1) is 21.6 Å². The van der Waals surface area contributed by atoms with Gasteiger partial charge in [-0.05, 0) is 37.5 Å². The summed E-state index contributed by atoms with van der Waals surface area (Å²) in [6.07, 6.45) is 5.04. The summed E-state index contributed by atoms with van der Waals surface area (Å²) in [4.78, 5) is 2.05. The topological polar surface area (TPSA) is 80.8 Å². The second-order valence-corrected chi connectivity index (χ2v) is 10.3. The van der Waals surface area contributed by atoms with Crippen LogP contribution in [0.1, 0.15) is 26.2 Å². The highest BCUT2D eigenvalue weighted by atomic mass is 32.2. The van der Waals surface area contributed by atoms with Crippen molar-refractivity contribution >= 4 is 25.4 Å². The number of ether oxygens (including phenoxy) is 1. The second kappa shape index (κ2) is 7.41. The van der Waals surface area contributed by atoms with Crippen molar-refractivity contribution in [2.24, 2.45) is 0 Å². The Morgan fingerprint density at radius 3 is 2.46 bits per heavy atom. The molecule has 0 aliphatic carbocycles. The molecule has 24 heavy (non-hydrogen) atoms. The maximum absolute atomic E-state index is 12.2. The van der Waals surface area contributed by atoms with E-state index in [9.17, 15) is 16.8 Å².